The Hall–Kier alpha value is -4.51. The Morgan fingerprint density at radius 2 is 1.95 bits per heavy atom. The number of nitriles is 1. The lowest BCUT2D eigenvalue weighted by atomic mass is 10.1. The number of benzene rings is 1. The van der Waals surface area contributed by atoms with Crippen LogP contribution in [0.15, 0.2) is 41.8 Å². The lowest BCUT2D eigenvalue weighted by molar-refractivity contribution is -0.138. The lowest BCUT2D eigenvalue weighted by Crippen LogP contribution is -2.55. The van der Waals surface area contributed by atoms with Gasteiger partial charge >= 0.3 is 6.18 Å². The van der Waals surface area contributed by atoms with Crippen molar-refractivity contribution in [1.82, 2.24) is 29.5 Å². The summed E-state index contributed by atoms with van der Waals surface area (Å²) in [5.41, 5.74) is -2.26. The number of anilines is 2. The van der Waals surface area contributed by atoms with E-state index in [1.807, 2.05) is 9.80 Å². The van der Waals surface area contributed by atoms with Gasteiger partial charge in [-0.1, -0.05) is 18.7 Å². The molecule has 2 aromatic heterocycles. The first-order chi connectivity index (χ1) is 20.9. The van der Waals surface area contributed by atoms with Gasteiger partial charge in [-0.25, -0.2) is 4.98 Å². The van der Waals surface area contributed by atoms with Crippen molar-refractivity contribution in [3.05, 3.63) is 58.5 Å². The van der Waals surface area contributed by atoms with Crippen molar-refractivity contribution in [1.29, 1.82) is 5.26 Å². The number of alkyl halides is 3. The van der Waals surface area contributed by atoms with Crippen molar-refractivity contribution < 1.29 is 18.0 Å². The molecule has 5 rings (SSSR count). The van der Waals surface area contributed by atoms with Crippen molar-refractivity contribution >= 4 is 28.6 Å². The van der Waals surface area contributed by atoms with E-state index in [0.29, 0.717) is 25.6 Å². The minimum absolute atomic E-state index is 0.0366. The molecule has 232 valence electrons. The molecule has 0 aliphatic carbocycles. The number of aryl methyl sites for hydroxylation is 1. The van der Waals surface area contributed by atoms with Gasteiger partial charge in [-0.05, 0) is 44.9 Å². The topological polar surface area (TPSA) is 114 Å². The number of fused-ring (bicyclic) bond motifs is 1. The van der Waals surface area contributed by atoms with E-state index in [1.54, 1.807) is 4.90 Å². The summed E-state index contributed by atoms with van der Waals surface area (Å²) >= 11 is 0. The van der Waals surface area contributed by atoms with Crippen LogP contribution >= 0.6 is 0 Å². The molecule has 0 unspecified atom stereocenters. The molecule has 0 bridgehead atoms. The third-order valence-electron chi connectivity index (χ3n) is 8.18. The van der Waals surface area contributed by atoms with E-state index >= 15 is 0 Å². The fourth-order valence-corrected chi connectivity index (χ4v) is 5.89. The fourth-order valence-electron chi connectivity index (χ4n) is 5.89. The molecule has 1 amide bonds. The second kappa shape index (κ2) is 12.2. The number of amides is 1. The van der Waals surface area contributed by atoms with Gasteiger partial charge in [-0.2, -0.15) is 33.2 Å². The highest BCUT2D eigenvalue weighted by atomic mass is 19.4. The maximum Gasteiger partial charge on any atom is 0.418 e. The molecule has 2 aliphatic rings. The molecule has 44 heavy (non-hydrogen) atoms. The Morgan fingerprint density at radius 3 is 2.64 bits per heavy atom. The van der Waals surface area contributed by atoms with Crippen LogP contribution in [0.2, 0.25) is 0 Å². The van der Waals surface area contributed by atoms with Crippen LogP contribution in [-0.4, -0.2) is 86.9 Å². The molecule has 2 saturated heterocycles. The molecule has 3 aromatic rings. The Bertz CT molecular complexity index is 1680. The van der Waals surface area contributed by atoms with Crippen molar-refractivity contribution in [2.24, 2.45) is 0 Å². The predicted molar refractivity (Wildman–Crippen MR) is 159 cm³/mol. The SMILES string of the molecule is C=CC(=O)N1CCN(c2nc(N3CCCN(C(C)C)C3)nc3c(=O)n(-c4cccc(C)c4C(F)(F)F)ncc23)C[C@@H]1CC#N. The van der Waals surface area contributed by atoms with Crippen LogP contribution in [0.3, 0.4) is 0 Å². The van der Waals surface area contributed by atoms with Crippen LogP contribution in [0, 0.1) is 18.3 Å². The first kappa shape index (κ1) is 30.9. The number of halogens is 3. The highest BCUT2D eigenvalue weighted by molar-refractivity contribution is 5.90. The van der Waals surface area contributed by atoms with E-state index in [0.717, 1.165) is 17.6 Å². The van der Waals surface area contributed by atoms with Gasteiger partial charge in [0.1, 0.15) is 11.3 Å². The Kier molecular flexibility index (Phi) is 8.60. The molecule has 0 N–H and O–H groups in total. The Morgan fingerprint density at radius 1 is 1.18 bits per heavy atom. The Balaban J connectivity index is 1.68. The van der Waals surface area contributed by atoms with Gasteiger partial charge in [-0.3, -0.25) is 14.5 Å². The molecular formula is C30H34F3N9O2. The lowest BCUT2D eigenvalue weighted by Gasteiger charge is -2.41. The normalized spacial score (nSPS) is 18.1. The van der Waals surface area contributed by atoms with Crippen LogP contribution in [0.25, 0.3) is 16.6 Å². The number of carbonyl (C=O) groups is 1. The van der Waals surface area contributed by atoms with E-state index in [1.165, 1.54) is 37.4 Å². The number of hydrogen-bond acceptors (Lipinski definition) is 9. The standard InChI is InChI=1S/C30H34F3N9O2/c1-5-24(43)41-15-14-38(17-21(41)10-11-34)27-22-16-35-42(23-9-6-8-20(4)25(23)30(31,32)33)28(44)26(22)36-29(37-27)40-13-7-12-39(18-40)19(2)3/h5-6,8-9,16,19,21H,1,7,10,12-15,17-18H2,2-4H3/t21-/m0/s1. The molecule has 0 spiro atoms. The second-order valence-electron chi connectivity index (χ2n) is 11.3. The van der Waals surface area contributed by atoms with Crippen LogP contribution in [-0.2, 0) is 11.0 Å². The van der Waals surface area contributed by atoms with E-state index < -0.39 is 23.3 Å². The third-order valence-corrected chi connectivity index (χ3v) is 8.18. The maximum absolute atomic E-state index is 14.1. The van der Waals surface area contributed by atoms with E-state index in [9.17, 15) is 28.0 Å². The third kappa shape index (κ3) is 5.84. The van der Waals surface area contributed by atoms with Crippen molar-refractivity contribution in [2.45, 2.75) is 51.9 Å². The molecule has 0 saturated carbocycles. The molecule has 0 radical (unpaired) electrons. The van der Waals surface area contributed by atoms with Crippen LogP contribution in [0.4, 0.5) is 24.9 Å². The number of rotatable bonds is 6. The summed E-state index contributed by atoms with van der Waals surface area (Å²) in [5, 5.41) is 13.9. The average Bonchev–Trinajstić information content (AvgIpc) is 3.00. The van der Waals surface area contributed by atoms with E-state index in [2.05, 4.69) is 41.5 Å². The highest BCUT2D eigenvalue weighted by Gasteiger charge is 2.37. The van der Waals surface area contributed by atoms with Crippen LogP contribution < -0.4 is 15.4 Å². The minimum Gasteiger partial charge on any atom is -0.352 e. The molecule has 1 aromatic carbocycles. The smallest absolute Gasteiger partial charge is 0.352 e. The summed E-state index contributed by atoms with van der Waals surface area (Å²) in [6, 6.07) is 5.92. The molecule has 11 nitrogen and oxygen atoms in total. The summed E-state index contributed by atoms with van der Waals surface area (Å²) in [6.45, 7) is 12.0. The molecule has 2 aliphatic heterocycles. The second-order valence-corrected chi connectivity index (χ2v) is 11.3. The van der Waals surface area contributed by atoms with Gasteiger partial charge in [0.15, 0.2) is 0 Å². The monoisotopic (exact) mass is 609 g/mol. The largest absolute Gasteiger partial charge is 0.418 e. The molecular weight excluding hydrogens is 575 g/mol. The number of nitrogens with zero attached hydrogens (tertiary/aromatic N) is 9. The first-order valence-corrected chi connectivity index (χ1v) is 14.5. The highest BCUT2D eigenvalue weighted by Crippen LogP contribution is 2.36. The van der Waals surface area contributed by atoms with Gasteiger partial charge in [0, 0.05) is 38.8 Å². The number of carbonyl (C=O) groups excluding carboxylic acids is 1. The zero-order chi connectivity index (χ0) is 31.8. The van der Waals surface area contributed by atoms with Gasteiger partial charge in [0.2, 0.25) is 11.9 Å². The average molecular weight is 610 g/mol. The van der Waals surface area contributed by atoms with Crippen molar-refractivity contribution in [3.63, 3.8) is 0 Å². The molecule has 2 fully saturated rings. The number of hydrogen-bond donors (Lipinski definition) is 0. The minimum atomic E-state index is -4.72. The number of aromatic nitrogens is 4. The fraction of sp³-hybridized carbons (Fsp3) is 0.467. The quantitative estimate of drug-likeness (QED) is 0.388. The number of piperazine rings is 1. The zero-order valence-electron chi connectivity index (χ0n) is 24.9. The summed E-state index contributed by atoms with van der Waals surface area (Å²) in [5.74, 6) is 0.357. The summed E-state index contributed by atoms with van der Waals surface area (Å²) in [7, 11) is 0. The summed E-state index contributed by atoms with van der Waals surface area (Å²) in [6.07, 6.45) is -1.29. The van der Waals surface area contributed by atoms with Crippen LogP contribution in [0.1, 0.15) is 37.8 Å². The molecule has 14 heteroatoms. The molecule has 4 heterocycles. The van der Waals surface area contributed by atoms with Gasteiger partial charge < -0.3 is 14.7 Å². The molecule has 1 atom stereocenters. The maximum atomic E-state index is 14.1. The van der Waals surface area contributed by atoms with Gasteiger partial charge in [0.25, 0.3) is 5.56 Å². The first-order valence-electron chi connectivity index (χ1n) is 14.5. The van der Waals surface area contributed by atoms with Gasteiger partial charge in [0.05, 0.1) is 48.0 Å². The summed E-state index contributed by atoms with van der Waals surface area (Å²) in [4.78, 5) is 43.7. The van der Waals surface area contributed by atoms with E-state index in [-0.39, 0.29) is 59.6 Å². The van der Waals surface area contributed by atoms with Gasteiger partial charge in [-0.15, -0.1) is 0 Å². The predicted octanol–water partition coefficient (Wildman–Crippen LogP) is 3.50. The van der Waals surface area contributed by atoms with Crippen LogP contribution in [0.5, 0.6) is 0 Å². The summed E-state index contributed by atoms with van der Waals surface area (Å²) < 4.78 is 43.1. The van der Waals surface area contributed by atoms with E-state index in [4.69, 9.17) is 4.98 Å². The van der Waals surface area contributed by atoms with Crippen molar-refractivity contribution in [3.8, 4) is 11.8 Å². The van der Waals surface area contributed by atoms with Crippen molar-refractivity contribution in [2.75, 3.05) is 49.2 Å². The Labute approximate surface area is 252 Å². The zero-order valence-corrected chi connectivity index (χ0v) is 24.9.